The number of hydrogen-bond acceptors (Lipinski definition) is 7. The number of imidazole rings is 1. The van der Waals surface area contributed by atoms with Crippen molar-refractivity contribution in [3.63, 3.8) is 0 Å². The van der Waals surface area contributed by atoms with Gasteiger partial charge in [0.25, 0.3) is 10.0 Å². The summed E-state index contributed by atoms with van der Waals surface area (Å²) >= 11 is 0. The van der Waals surface area contributed by atoms with Crippen molar-refractivity contribution in [3.05, 3.63) is 89.7 Å². The average molecular weight is 547 g/mol. The standard InChI is InChI=1S/C26H21F3N2O6S/c1-35-21-13-16(14-22(36-2)24(21)37-3)23(32)20-15-31(38(33,34)17-9-5-4-6-10-17)25(30-20)18-11-7-8-12-19(18)26(27,28)29/h4-15H,1-3H3. The first-order valence-corrected chi connectivity index (χ1v) is 12.4. The minimum Gasteiger partial charge on any atom is -0.493 e. The lowest BCUT2D eigenvalue weighted by Crippen LogP contribution is -2.15. The maximum Gasteiger partial charge on any atom is 0.417 e. The highest BCUT2D eigenvalue weighted by Crippen LogP contribution is 2.40. The van der Waals surface area contributed by atoms with E-state index < -0.39 is 44.6 Å². The minimum absolute atomic E-state index is 0.0167. The van der Waals surface area contributed by atoms with Crippen LogP contribution in [0.4, 0.5) is 13.2 Å². The fraction of sp³-hybridized carbons (Fsp3) is 0.154. The van der Waals surface area contributed by atoms with Crippen molar-refractivity contribution in [2.75, 3.05) is 21.3 Å². The lowest BCUT2D eigenvalue weighted by atomic mass is 10.1. The predicted octanol–water partition coefficient (Wildman–Crippen LogP) is 5.06. The van der Waals surface area contributed by atoms with Crippen molar-refractivity contribution >= 4 is 15.8 Å². The summed E-state index contributed by atoms with van der Waals surface area (Å²) in [5.74, 6) is -0.846. The zero-order valence-corrected chi connectivity index (χ0v) is 21.1. The van der Waals surface area contributed by atoms with Crippen molar-refractivity contribution in [1.82, 2.24) is 8.96 Å². The second kappa shape index (κ2) is 10.2. The molecule has 4 aromatic rings. The van der Waals surface area contributed by atoms with Crippen molar-refractivity contribution in [2.24, 2.45) is 0 Å². The molecule has 0 fully saturated rings. The van der Waals surface area contributed by atoms with Gasteiger partial charge < -0.3 is 14.2 Å². The molecule has 0 aliphatic heterocycles. The fourth-order valence-corrected chi connectivity index (χ4v) is 5.16. The molecule has 4 rings (SSSR count). The Hall–Kier alpha value is -4.32. The average Bonchev–Trinajstić information content (AvgIpc) is 3.38. The molecule has 0 unspecified atom stereocenters. The highest BCUT2D eigenvalue weighted by molar-refractivity contribution is 7.90. The first-order chi connectivity index (χ1) is 18.0. The van der Waals surface area contributed by atoms with Gasteiger partial charge in [0.05, 0.1) is 38.0 Å². The Morgan fingerprint density at radius 1 is 0.868 bits per heavy atom. The Balaban J connectivity index is 1.97. The monoisotopic (exact) mass is 546 g/mol. The van der Waals surface area contributed by atoms with E-state index in [1.54, 1.807) is 6.07 Å². The van der Waals surface area contributed by atoms with E-state index in [2.05, 4.69) is 4.98 Å². The number of ether oxygens (including phenoxy) is 3. The third-order valence-corrected chi connectivity index (χ3v) is 7.27. The summed E-state index contributed by atoms with van der Waals surface area (Å²) < 4.78 is 85.0. The maximum atomic E-state index is 13.9. The third kappa shape index (κ3) is 4.82. The zero-order valence-electron chi connectivity index (χ0n) is 20.3. The summed E-state index contributed by atoms with van der Waals surface area (Å²) in [5, 5.41) is 0. The Kier molecular flexibility index (Phi) is 7.18. The number of methoxy groups -OCH3 is 3. The van der Waals surface area contributed by atoms with E-state index in [0.717, 1.165) is 18.3 Å². The summed E-state index contributed by atoms with van der Waals surface area (Å²) in [6, 6.07) is 14.2. The number of rotatable bonds is 8. The van der Waals surface area contributed by atoms with Crippen LogP contribution in [0.1, 0.15) is 21.6 Å². The van der Waals surface area contributed by atoms with E-state index in [4.69, 9.17) is 14.2 Å². The molecule has 0 N–H and O–H groups in total. The number of alkyl halides is 3. The van der Waals surface area contributed by atoms with Gasteiger partial charge in [0.2, 0.25) is 11.5 Å². The van der Waals surface area contributed by atoms with Crippen LogP contribution in [-0.2, 0) is 16.2 Å². The third-order valence-electron chi connectivity index (χ3n) is 5.61. The summed E-state index contributed by atoms with van der Waals surface area (Å²) in [6.07, 6.45) is -3.92. The van der Waals surface area contributed by atoms with Gasteiger partial charge in [-0.2, -0.15) is 13.2 Å². The molecule has 38 heavy (non-hydrogen) atoms. The van der Waals surface area contributed by atoms with Crippen LogP contribution < -0.4 is 14.2 Å². The van der Waals surface area contributed by atoms with E-state index in [1.807, 2.05) is 0 Å². The van der Waals surface area contributed by atoms with E-state index in [0.29, 0.717) is 3.97 Å². The Morgan fingerprint density at radius 2 is 1.45 bits per heavy atom. The molecule has 0 atom stereocenters. The first-order valence-electron chi connectivity index (χ1n) is 10.9. The van der Waals surface area contributed by atoms with Gasteiger partial charge in [-0.1, -0.05) is 36.4 Å². The van der Waals surface area contributed by atoms with Gasteiger partial charge in [0.1, 0.15) is 5.69 Å². The van der Waals surface area contributed by atoms with E-state index in [9.17, 15) is 26.4 Å². The van der Waals surface area contributed by atoms with Gasteiger partial charge in [0.15, 0.2) is 17.3 Å². The quantitative estimate of drug-likeness (QED) is 0.285. The molecule has 0 bridgehead atoms. The number of ketones is 1. The predicted molar refractivity (Wildman–Crippen MR) is 131 cm³/mol. The number of aromatic nitrogens is 2. The molecule has 0 spiro atoms. The van der Waals surface area contributed by atoms with E-state index in [1.165, 1.54) is 69.9 Å². The molecule has 198 valence electrons. The first kappa shape index (κ1) is 26.7. The molecular formula is C26H21F3N2O6S. The van der Waals surface area contributed by atoms with Crippen LogP contribution >= 0.6 is 0 Å². The number of carbonyl (C=O) groups is 1. The molecule has 0 aliphatic rings. The summed E-state index contributed by atoms with van der Waals surface area (Å²) in [6.45, 7) is 0. The van der Waals surface area contributed by atoms with Gasteiger partial charge in [0, 0.05) is 11.1 Å². The molecule has 1 heterocycles. The highest BCUT2D eigenvalue weighted by Gasteiger charge is 2.36. The molecular weight excluding hydrogens is 525 g/mol. The Morgan fingerprint density at radius 3 is 2.00 bits per heavy atom. The number of carbonyl (C=O) groups excluding carboxylic acids is 1. The van der Waals surface area contributed by atoms with Crippen molar-refractivity contribution in [2.45, 2.75) is 11.1 Å². The van der Waals surface area contributed by atoms with Crippen LogP contribution in [-0.4, -0.2) is 44.5 Å². The summed E-state index contributed by atoms with van der Waals surface area (Å²) in [7, 11) is -0.376. The number of hydrogen-bond donors (Lipinski definition) is 0. The summed E-state index contributed by atoms with van der Waals surface area (Å²) in [5.41, 5.74) is -2.05. The van der Waals surface area contributed by atoms with Gasteiger partial charge in [-0.3, -0.25) is 4.79 Å². The second-order valence-electron chi connectivity index (χ2n) is 7.85. The van der Waals surface area contributed by atoms with Gasteiger partial charge in [-0.15, -0.1) is 0 Å². The SMILES string of the molecule is COc1cc(C(=O)c2cn(S(=O)(=O)c3ccccc3)c(-c3ccccc3C(F)(F)F)n2)cc(OC)c1OC. The van der Waals surface area contributed by atoms with Gasteiger partial charge in [-0.25, -0.2) is 17.4 Å². The molecule has 0 aliphatic carbocycles. The largest absolute Gasteiger partial charge is 0.493 e. The normalized spacial score (nSPS) is 11.7. The Bertz CT molecular complexity index is 1570. The van der Waals surface area contributed by atoms with E-state index >= 15 is 0 Å². The van der Waals surface area contributed by atoms with Crippen molar-refractivity contribution in [3.8, 4) is 28.6 Å². The molecule has 8 nitrogen and oxygen atoms in total. The Labute approximate surface area is 216 Å². The number of benzene rings is 3. The molecule has 12 heteroatoms. The molecule has 0 saturated heterocycles. The smallest absolute Gasteiger partial charge is 0.417 e. The number of halogens is 3. The molecule has 0 amide bonds. The maximum absolute atomic E-state index is 13.9. The lowest BCUT2D eigenvalue weighted by Gasteiger charge is -2.14. The van der Waals surface area contributed by atoms with Crippen molar-refractivity contribution in [1.29, 1.82) is 0 Å². The topological polar surface area (TPSA) is 96.7 Å². The minimum atomic E-state index is -4.81. The number of nitrogens with zero attached hydrogens (tertiary/aromatic N) is 2. The van der Waals surface area contributed by atoms with Crippen LogP contribution in [0.2, 0.25) is 0 Å². The van der Waals surface area contributed by atoms with Crippen LogP contribution in [0.3, 0.4) is 0 Å². The van der Waals surface area contributed by atoms with Crippen LogP contribution in [0.5, 0.6) is 17.2 Å². The molecule has 1 aromatic heterocycles. The van der Waals surface area contributed by atoms with Crippen LogP contribution in [0, 0.1) is 0 Å². The van der Waals surface area contributed by atoms with Crippen molar-refractivity contribution < 1.29 is 40.6 Å². The van der Waals surface area contributed by atoms with Crippen LogP contribution in [0.15, 0.2) is 77.8 Å². The van der Waals surface area contributed by atoms with Crippen LogP contribution in [0.25, 0.3) is 11.4 Å². The lowest BCUT2D eigenvalue weighted by molar-refractivity contribution is -0.137. The second-order valence-corrected chi connectivity index (χ2v) is 9.67. The highest BCUT2D eigenvalue weighted by atomic mass is 32.2. The zero-order chi connectivity index (χ0) is 27.7. The fourth-order valence-electron chi connectivity index (χ4n) is 3.83. The van der Waals surface area contributed by atoms with Gasteiger partial charge in [-0.05, 0) is 30.3 Å². The van der Waals surface area contributed by atoms with Gasteiger partial charge >= 0.3 is 6.18 Å². The molecule has 0 radical (unpaired) electrons. The molecule has 3 aromatic carbocycles. The molecule has 0 saturated carbocycles. The van der Waals surface area contributed by atoms with E-state index in [-0.39, 0.29) is 27.7 Å². The summed E-state index contributed by atoms with van der Waals surface area (Å²) in [4.78, 5) is 17.4.